The van der Waals surface area contributed by atoms with E-state index in [1.807, 2.05) is 13.0 Å². The van der Waals surface area contributed by atoms with E-state index in [0.29, 0.717) is 23.4 Å². The van der Waals surface area contributed by atoms with Gasteiger partial charge in [0.2, 0.25) is 5.91 Å². The fourth-order valence-electron chi connectivity index (χ4n) is 2.94. The molecule has 0 unspecified atom stereocenters. The number of nitrogens with one attached hydrogen (secondary N) is 2. The number of hydrogen-bond acceptors (Lipinski definition) is 2. The van der Waals surface area contributed by atoms with Gasteiger partial charge >= 0.3 is 0 Å². The van der Waals surface area contributed by atoms with Crippen molar-refractivity contribution in [3.8, 4) is 0 Å². The second-order valence-electron chi connectivity index (χ2n) is 6.23. The second-order valence-corrected chi connectivity index (χ2v) is 7.08. The van der Waals surface area contributed by atoms with E-state index < -0.39 is 0 Å². The summed E-state index contributed by atoms with van der Waals surface area (Å²) in [4.78, 5) is 18.4. The molecule has 1 saturated heterocycles. The minimum atomic E-state index is -0.271. The van der Waals surface area contributed by atoms with Gasteiger partial charge in [-0.1, -0.05) is 6.07 Å². The molecule has 146 valence electrons. The third-order valence-corrected chi connectivity index (χ3v) is 5.04. The minimum absolute atomic E-state index is 0. The lowest BCUT2D eigenvalue weighted by molar-refractivity contribution is -0.121. The zero-order valence-corrected chi connectivity index (χ0v) is 19.1. The Kier molecular flexibility index (Phi) is 10.4. The van der Waals surface area contributed by atoms with Crippen LogP contribution in [-0.4, -0.2) is 43.4 Å². The van der Waals surface area contributed by atoms with Crippen molar-refractivity contribution < 1.29 is 9.18 Å². The molecule has 0 spiro atoms. The molecule has 1 aliphatic rings. The summed E-state index contributed by atoms with van der Waals surface area (Å²) in [6.45, 7) is 5.01. The first-order valence-corrected chi connectivity index (χ1v) is 9.50. The highest BCUT2D eigenvalue weighted by Gasteiger charge is 2.23. The van der Waals surface area contributed by atoms with Crippen molar-refractivity contribution in [2.24, 2.45) is 10.9 Å². The lowest BCUT2D eigenvalue weighted by atomic mass is 9.93. The number of halogens is 3. The van der Waals surface area contributed by atoms with E-state index in [0.717, 1.165) is 44.0 Å². The molecule has 1 aromatic rings. The summed E-state index contributed by atoms with van der Waals surface area (Å²) in [5.41, 5.74) is 0.839. The van der Waals surface area contributed by atoms with Crippen molar-refractivity contribution in [3.05, 3.63) is 34.1 Å². The van der Waals surface area contributed by atoms with Crippen LogP contribution in [0.2, 0.25) is 0 Å². The Bertz CT molecular complexity index is 621. The zero-order valence-electron chi connectivity index (χ0n) is 15.2. The topological polar surface area (TPSA) is 56.7 Å². The SMILES string of the molecule is CCNC(=NCc1ccc(Br)c(F)c1)N1CCC(CC(=O)NC)CC1.I. The highest BCUT2D eigenvalue weighted by molar-refractivity contribution is 14.0. The molecule has 1 heterocycles. The van der Waals surface area contributed by atoms with Crippen LogP contribution in [0.15, 0.2) is 27.7 Å². The van der Waals surface area contributed by atoms with Crippen LogP contribution in [0.3, 0.4) is 0 Å². The van der Waals surface area contributed by atoms with E-state index in [-0.39, 0.29) is 35.7 Å². The number of carbonyl (C=O) groups is 1. The monoisotopic (exact) mass is 540 g/mol. The Morgan fingerprint density at radius 3 is 2.65 bits per heavy atom. The van der Waals surface area contributed by atoms with Crippen LogP contribution in [0.5, 0.6) is 0 Å². The van der Waals surface area contributed by atoms with Crippen LogP contribution in [0.25, 0.3) is 0 Å². The number of carbonyl (C=O) groups excluding carboxylic acids is 1. The van der Waals surface area contributed by atoms with Gasteiger partial charge in [0, 0.05) is 33.1 Å². The molecule has 26 heavy (non-hydrogen) atoms. The van der Waals surface area contributed by atoms with E-state index in [1.165, 1.54) is 6.07 Å². The largest absolute Gasteiger partial charge is 0.359 e. The number of guanidine groups is 1. The third kappa shape index (κ3) is 7.02. The first kappa shape index (κ1) is 23.1. The van der Waals surface area contributed by atoms with Crippen molar-refractivity contribution in [2.45, 2.75) is 32.7 Å². The first-order valence-electron chi connectivity index (χ1n) is 8.71. The van der Waals surface area contributed by atoms with Crippen molar-refractivity contribution in [2.75, 3.05) is 26.7 Å². The van der Waals surface area contributed by atoms with E-state index in [9.17, 15) is 9.18 Å². The van der Waals surface area contributed by atoms with E-state index in [1.54, 1.807) is 13.1 Å². The maximum Gasteiger partial charge on any atom is 0.220 e. The van der Waals surface area contributed by atoms with Gasteiger partial charge in [-0.25, -0.2) is 9.38 Å². The predicted molar refractivity (Wildman–Crippen MR) is 117 cm³/mol. The lowest BCUT2D eigenvalue weighted by Gasteiger charge is -2.34. The Morgan fingerprint density at radius 1 is 1.38 bits per heavy atom. The highest BCUT2D eigenvalue weighted by Crippen LogP contribution is 2.21. The summed E-state index contributed by atoms with van der Waals surface area (Å²) in [5, 5.41) is 6.00. The van der Waals surface area contributed by atoms with Gasteiger partial charge in [-0.3, -0.25) is 4.79 Å². The second kappa shape index (κ2) is 11.7. The van der Waals surface area contributed by atoms with Gasteiger partial charge in [0.05, 0.1) is 11.0 Å². The summed E-state index contributed by atoms with van der Waals surface area (Å²) < 4.78 is 14.1. The van der Waals surface area contributed by atoms with E-state index >= 15 is 0 Å². The molecule has 0 aromatic heterocycles. The van der Waals surface area contributed by atoms with Gasteiger partial charge < -0.3 is 15.5 Å². The Hall–Kier alpha value is -0.900. The molecule has 0 aliphatic carbocycles. The maximum atomic E-state index is 13.6. The molecule has 1 amide bonds. The van der Waals surface area contributed by atoms with Gasteiger partial charge in [-0.2, -0.15) is 0 Å². The van der Waals surface area contributed by atoms with Gasteiger partial charge in [0.1, 0.15) is 5.82 Å². The Balaban J connectivity index is 0.00000338. The summed E-state index contributed by atoms with van der Waals surface area (Å²) in [7, 11) is 1.68. The van der Waals surface area contributed by atoms with Crippen molar-refractivity contribution in [3.63, 3.8) is 0 Å². The number of benzene rings is 1. The molecule has 8 heteroatoms. The quantitative estimate of drug-likeness (QED) is 0.341. The Labute approximate surface area is 180 Å². The molecule has 2 N–H and O–H groups in total. The summed E-state index contributed by atoms with van der Waals surface area (Å²) in [6.07, 6.45) is 2.55. The van der Waals surface area contributed by atoms with Crippen LogP contribution in [0.4, 0.5) is 4.39 Å². The smallest absolute Gasteiger partial charge is 0.220 e. The maximum absolute atomic E-state index is 13.6. The number of hydrogen-bond donors (Lipinski definition) is 2. The van der Waals surface area contributed by atoms with Crippen molar-refractivity contribution in [1.82, 2.24) is 15.5 Å². The molecular formula is C18H27BrFIN4O. The number of aliphatic imine (C=N–C) groups is 1. The highest BCUT2D eigenvalue weighted by atomic mass is 127. The van der Waals surface area contributed by atoms with Crippen LogP contribution in [-0.2, 0) is 11.3 Å². The lowest BCUT2D eigenvalue weighted by Crippen LogP contribution is -2.46. The number of nitrogens with zero attached hydrogens (tertiary/aromatic N) is 2. The zero-order chi connectivity index (χ0) is 18.2. The molecule has 0 radical (unpaired) electrons. The van der Waals surface area contributed by atoms with Gasteiger partial charge in [0.15, 0.2) is 5.96 Å². The van der Waals surface area contributed by atoms with Crippen LogP contribution >= 0.6 is 39.9 Å². The molecule has 1 aliphatic heterocycles. The molecule has 0 bridgehead atoms. The summed E-state index contributed by atoms with van der Waals surface area (Å²) in [6, 6.07) is 5.08. The first-order chi connectivity index (χ1) is 12.0. The number of rotatable bonds is 5. The normalized spacial score (nSPS) is 15.4. The average molecular weight is 541 g/mol. The molecule has 1 aromatic carbocycles. The van der Waals surface area contributed by atoms with Crippen molar-refractivity contribution >= 4 is 51.8 Å². The number of amides is 1. The van der Waals surface area contributed by atoms with E-state index in [4.69, 9.17) is 0 Å². The predicted octanol–water partition coefficient (Wildman–Crippen LogP) is 3.52. The fraction of sp³-hybridized carbons (Fsp3) is 0.556. The third-order valence-electron chi connectivity index (χ3n) is 4.40. The molecule has 0 saturated carbocycles. The number of likely N-dealkylation sites (tertiary alicyclic amines) is 1. The summed E-state index contributed by atoms with van der Waals surface area (Å²) in [5.74, 6) is 1.12. The molecular weight excluding hydrogens is 514 g/mol. The Morgan fingerprint density at radius 2 is 2.08 bits per heavy atom. The van der Waals surface area contributed by atoms with Crippen LogP contribution < -0.4 is 10.6 Å². The number of piperidine rings is 1. The van der Waals surface area contributed by atoms with Gasteiger partial charge in [0.25, 0.3) is 0 Å². The minimum Gasteiger partial charge on any atom is -0.359 e. The van der Waals surface area contributed by atoms with Crippen LogP contribution in [0, 0.1) is 11.7 Å². The van der Waals surface area contributed by atoms with Crippen LogP contribution in [0.1, 0.15) is 31.7 Å². The fourth-order valence-corrected chi connectivity index (χ4v) is 3.19. The average Bonchev–Trinajstić information content (AvgIpc) is 2.62. The molecule has 2 rings (SSSR count). The summed E-state index contributed by atoms with van der Waals surface area (Å²) >= 11 is 3.16. The van der Waals surface area contributed by atoms with Crippen molar-refractivity contribution in [1.29, 1.82) is 0 Å². The molecule has 5 nitrogen and oxygen atoms in total. The molecule has 0 atom stereocenters. The van der Waals surface area contributed by atoms with Gasteiger partial charge in [-0.05, 0) is 59.3 Å². The molecule has 1 fully saturated rings. The standard InChI is InChI=1S/C18H26BrFN4O.HI/c1-3-22-18(23-12-14-4-5-15(19)16(20)10-14)24-8-6-13(7-9-24)11-17(25)21-2;/h4-5,10,13H,3,6-9,11-12H2,1-2H3,(H,21,25)(H,22,23);1H. The van der Waals surface area contributed by atoms with Gasteiger partial charge in [-0.15, -0.1) is 24.0 Å². The van der Waals surface area contributed by atoms with E-state index in [2.05, 4.69) is 36.5 Å².